The number of nitrogens with two attached hydrogens (primary N) is 1. The van der Waals surface area contributed by atoms with Gasteiger partial charge in [-0.2, -0.15) is 13.2 Å². The van der Waals surface area contributed by atoms with Crippen molar-refractivity contribution >= 4 is 11.9 Å². The molecule has 2 atom stereocenters. The SMILES string of the molecule is CC(C)C[C@H](NC(c1ccc(-c2ccc(CC(=O)O)cc2)cc1)C(F)(F)F)C(=O)NC1(N)CC1. The maximum atomic E-state index is 14.0. The Morgan fingerprint density at radius 3 is 2.00 bits per heavy atom. The molecule has 34 heavy (non-hydrogen) atoms. The topological polar surface area (TPSA) is 104 Å². The molecule has 0 bridgehead atoms. The zero-order chi connectivity index (χ0) is 25.1. The summed E-state index contributed by atoms with van der Waals surface area (Å²) in [6, 6.07) is 9.69. The van der Waals surface area contributed by atoms with Crippen LogP contribution in [-0.4, -0.2) is 34.9 Å². The summed E-state index contributed by atoms with van der Waals surface area (Å²) in [5.74, 6) is -1.47. The zero-order valence-electron chi connectivity index (χ0n) is 19.2. The minimum Gasteiger partial charge on any atom is -0.481 e. The first-order valence-corrected chi connectivity index (χ1v) is 11.2. The summed E-state index contributed by atoms with van der Waals surface area (Å²) in [4.78, 5) is 23.5. The highest BCUT2D eigenvalue weighted by Gasteiger charge is 2.45. The summed E-state index contributed by atoms with van der Waals surface area (Å²) >= 11 is 0. The lowest BCUT2D eigenvalue weighted by Gasteiger charge is -2.29. The highest BCUT2D eigenvalue weighted by Crippen LogP contribution is 2.35. The van der Waals surface area contributed by atoms with Crippen LogP contribution < -0.4 is 16.4 Å². The predicted molar refractivity (Wildman–Crippen MR) is 123 cm³/mol. The fourth-order valence-corrected chi connectivity index (χ4v) is 3.75. The van der Waals surface area contributed by atoms with Gasteiger partial charge >= 0.3 is 12.1 Å². The second-order valence-electron chi connectivity index (χ2n) is 9.36. The van der Waals surface area contributed by atoms with Crippen molar-refractivity contribution in [2.75, 3.05) is 0 Å². The minimum atomic E-state index is -4.62. The van der Waals surface area contributed by atoms with E-state index in [1.54, 1.807) is 36.4 Å². The van der Waals surface area contributed by atoms with E-state index in [0.29, 0.717) is 24.0 Å². The lowest BCUT2D eigenvalue weighted by Crippen LogP contribution is -2.54. The van der Waals surface area contributed by atoms with Gasteiger partial charge in [0.15, 0.2) is 0 Å². The zero-order valence-corrected chi connectivity index (χ0v) is 19.2. The molecule has 0 aliphatic heterocycles. The molecule has 1 fully saturated rings. The highest BCUT2D eigenvalue weighted by atomic mass is 19.4. The fourth-order valence-electron chi connectivity index (χ4n) is 3.75. The van der Waals surface area contributed by atoms with Crippen LogP contribution in [0.25, 0.3) is 11.1 Å². The van der Waals surface area contributed by atoms with Gasteiger partial charge in [-0.05, 0) is 47.4 Å². The van der Waals surface area contributed by atoms with Crippen molar-refractivity contribution in [2.45, 2.75) is 63.5 Å². The number of carbonyl (C=O) groups is 2. The minimum absolute atomic E-state index is 0.00321. The Balaban J connectivity index is 1.80. The first-order valence-electron chi connectivity index (χ1n) is 11.2. The predicted octanol–water partition coefficient (Wildman–Crippen LogP) is 4.15. The molecule has 9 heteroatoms. The van der Waals surface area contributed by atoms with Gasteiger partial charge in [0, 0.05) is 0 Å². The van der Waals surface area contributed by atoms with E-state index in [1.807, 2.05) is 13.8 Å². The molecule has 5 N–H and O–H groups in total. The molecule has 2 aromatic carbocycles. The lowest BCUT2D eigenvalue weighted by atomic mass is 9.97. The van der Waals surface area contributed by atoms with Crippen LogP contribution in [0.1, 0.15) is 50.3 Å². The molecular weight excluding hydrogens is 447 g/mol. The molecule has 0 saturated heterocycles. The van der Waals surface area contributed by atoms with E-state index in [-0.39, 0.29) is 24.3 Å². The van der Waals surface area contributed by atoms with Crippen LogP contribution in [0, 0.1) is 5.92 Å². The first-order chi connectivity index (χ1) is 15.9. The van der Waals surface area contributed by atoms with Crippen molar-refractivity contribution in [3.8, 4) is 11.1 Å². The number of hydrogen-bond donors (Lipinski definition) is 4. The average Bonchev–Trinajstić information content (AvgIpc) is 3.46. The van der Waals surface area contributed by atoms with E-state index >= 15 is 0 Å². The smallest absolute Gasteiger partial charge is 0.407 e. The summed E-state index contributed by atoms with van der Waals surface area (Å²) in [6.07, 6.45) is -3.28. The van der Waals surface area contributed by atoms with E-state index in [1.165, 1.54) is 12.1 Å². The van der Waals surface area contributed by atoms with Gasteiger partial charge in [-0.25, -0.2) is 0 Å². The van der Waals surface area contributed by atoms with Crippen molar-refractivity contribution in [3.63, 3.8) is 0 Å². The lowest BCUT2D eigenvalue weighted by molar-refractivity contribution is -0.161. The van der Waals surface area contributed by atoms with Crippen LogP contribution >= 0.6 is 0 Å². The Labute approximate surface area is 196 Å². The molecule has 3 rings (SSSR count). The van der Waals surface area contributed by atoms with Crippen molar-refractivity contribution in [3.05, 3.63) is 59.7 Å². The van der Waals surface area contributed by atoms with Crippen molar-refractivity contribution in [2.24, 2.45) is 11.7 Å². The number of alkyl halides is 3. The van der Waals surface area contributed by atoms with Crippen LogP contribution in [0.4, 0.5) is 13.2 Å². The Morgan fingerprint density at radius 1 is 1.03 bits per heavy atom. The van der Waals surface area contributed by atoms with Crippen LogP contribution in [0.3, 0.4) is 0 Å². The van der Waals surface area contributed by atoms with E-state index in [0.717, 1.165) is 5.56 Å². The number of nitrogens with one attached hydrogen (secondary N) is 2. The van der Waals surface area contributed by atoms with E-state index in [2.05, 4.69) is 10.6 Å². The standard InChI is InChI=1S/C25H30F3N3O3/c1-15(2)13-20(23(34)31-24(29)11-12-24)30-22(25(26,27)28)19-9-7-18(8-10-19)17-5-3-16(4-6-17)14-21(32)33/h3-10,15,20,22,30H,11-14,29H2,1-2H3,(H,31,34)(H,32,33)/t20-,22?/m0/s1. The molecular formula is C25H30F3N3O3. The molecule has 0 heterocycles. The van der Waals surface area contributed by atoms with Gasteiger partial charge in [-0.1, -0.05) is 62.4 Å². The second-order valence-corrected chi connectivity index (χ2v) is 9.36. The van der Waals surface area contributed by atoms with Crippen LogP contribution in [0.5, 0.6) is 0 Å². The van der Waals surface area contributed by atoms with Gasteiger partial charge < -0.3 is 16.2 Å². The number of hydrogen-bond acceptors (Lipinski definition) is 4. The number of carboxylic acids is 1. The molecule has 1 aliphatic carbocycles. The van der Waals surface area contributed by atoms with E-state index < -0.39 is 35.8 Å². The van der Waals surface area contributed by atoms with Crippen molar-refractivity contribution in [1.82, 2.24) is 10.6 Å². The third-order valence-corrected chi connectivity index (χ3v) is 5.77. The number of carbonyl (C=O) groups excluding carboxylic acids is 1. The molecule has 1 aliphatic rings. The maximum Gasteiger partial charge on any atom is 0.407 e. The number of carboxylic acid groups (broad SMARTS) is 1. The molecule has 184 valence electrons. The Kier molecular flexibility index (Phi) is 7.67. The number of amides is 1. The van der Waals surface area contributed by atoms with E-state index in [4.69, 9.17) is 10.8 Å². The average molecular weight is 478 g/mol. The van der Waals surface area contributed by atoms with Crippen LogP contribution in [-0.2, 0) is 16.0 Å². The Hall–Kier alpha value is -2.91. The Morgan fingerprint density at radius 2 is 1.56 bits per heavy atom. The number of aliphatic carboxylic acids is 1. The van der Waals surface area contributed by atoms with Crippen molar-refractivity contribution < 1.29 is 27.9 Å². The number of halogens is 3. The number of rotatable bonds is 10. The van der Waals surface area contributed by atoms with Gasteiger partial charge in [0.2, 0.25) is 5.91 Å². The van der Waals surface area contributed by atoms with Crippen LogP contribution in [0.2, 0.25) is 0 Å². The van der Waals surface area contributed by atoms with Gasteiger partial charge in [-0.3, -0.25) is 14.9 Å². The highest BCUT2D eigenvalue weighted by molar-refractivity contribution is 5.83. The van der Waals surface area contributed by atoms with E-state index in [9.17, 15) is 22.8 Å². The molecule has 2 aromatic rings. The summed E-state index contributed by atoms with van der Waals surface area (Å²) in [7, 11) is 0. The number of benzene rings is 2. The fraction of sp³-hybridized carbons (Fsp3) is 0.440. The molecule has 1 amide bonds. The third kappa shape index (κ3) is 7.04. The normalized spacial score (nSPS) is 16.7. The van der Waals surface area contributed by atoms with Gasteiger partial charge in [0.25, 0.3) is 0 Å². The maximum absolute atomic E-state index is 14.0. The molecule has 0 spiro atoms. The van der Waals surface area contributed by atoms with Crippen LogP contribution in [0.15, 0.2) is 48.5 Å². The molecule has 1 unspecified atom stereocenters. The Bertz CT molecular complexity index is 1000. The molecule has 0 radical (unpaired) electrons. The third-order valence-electron chi connectivity index (χ3n) is 5.77. The molecule has 1 saturated carbocycles. The summed E-state index contributed by atoms with van der Waals surface area (Å²) in [5.41, 5.74) is 7.20. The first kappa shape index (κ1) is 25.7. The van der Waals surface area contributed by atoms with Crippen molar-refractivity contribution in [1.29, 1.82) is 0 Å². The largest absolute Gasteiger partial charge is 0.481 e. The molecule has 0 aromatic heterocycles. The second kappa shape index (κ2) is 10.1. The summed E-state index contributed by atoms with van der Waals surface area (Å²) in [6.45, 7) is 3.69. The summed E-state index contributed by atoms with van der Waals surface area (Å²) < 4.78 is 42.1. The van der Waals surface area contributed by atoms with Gasteiger partial charge in [-0.15, -0.1) is 0 Å². The molecule has 6 nitrogen and oxygen atoms in total. The van der Waals surface area contributed by atoms with Gasteiger partial charge in [0.1, 0.15) is 6.04 Å². The quantitative estimate of drug-likeness (QED) is 0.385. The summed E-state index contributed by atoms with van der Waals surface area (Å²) in [5, 5.41) is 14.1. The van der Waals surface area contributed by atoms with Gasteiger partial charge in [0.05, 0.1) is 18.1 Å². The monoisotopic (exact) mass is 477 g/mol.